The van der Waals surface area contributed by atoms with Crippen molar-refractivity contribution in [3.8, 4) is 0 Å². The highest BCUT2D eigenvalue weighted by molar-refractivity contribution is 5.72. The van der Waals surface area contributed by atoms with Gasteiger partial charge in [0.2, 0.25) is 5.95 Å². The molecule has 1 aromatic rings. The molecule has 0 saturated heterocycles. The number of H-pyrrole nitrogens is 1. The van der Waals surface area contributed by atoms with Crippen LogP contribution in [0.15, 0.2) is 0 Å². The predicted octanol–water partition coefficient (Wildman–Crippen LogP) is -0.112. The van der Waals surface area contributed by atoms with E-state index < -0.39 is 5.97 Å². The zero-order valence-electron chi connectivity index (χ0n) is 7.61. The molecule has 1 heterocycles. The molecule has 0 saturated carbocycles. The minimum Gasteiger partial charge on any atom is -0.480 e. The fourth-order valence-corrected chi connectivity index (χ4v) is 0.888. The van der Waals surface area contributed by atoms with E-state index in [-0.39, 0.29) is 6.54 Å². The van der Waals surface area contributed by atoms with Gasteiger partial charge in [-0.05, 0) is 0 Å². The van der Waals surface area contributed by atoms with Crippen LogP contribution in [0.25, 0.3) is 0 Å². The highest BCUT2D eigenvalue weighted by Crippen LogP contribution is 2.03. The standard InChI is InChI=1S/C7H12N4O2/c1-3-5-8-7(10-9-5)11(2)4-6(12)13/h3-4H2,1-2H3,(H,12,13)(H,8,9,10). The van der Waals surface area contributed by atoms with Crippen LogP contribution in [0.5, 0.6) is 0 Å². The van der Waals surface area contributed by atoms with Crippen LogP contribution in [0, 0.1) is 0 Å². The molecule has 72 valence electrons. The lowest BCUT2D eigenvalue weighted by Gasteiger charge is -2.10. The van der Waals surface area contributed by atoms with Crippen molar-refractivity contribution in [1.29, 1.82) is 0 Å². The van der Waals surface area contributed by atoms with Gasteiger partial charge in [0.15, 0.2) is 0 Å². The van der Waals surface area contributed by atoms with Crippen LogP contribution in [-0.4, -0.2) is 39.8 Å². The Labute approximate surface area is 75.6 Å². The van der Waals surface area contributed by atoms with Crippen LogP contribution in [0.1, 0.15) is 12.7 Å². The summed E-state index contributed by atoms with van der Waals surface area (Å²) in [5, 5.41) is 15.1. The van der Waals surface area contributed by atoms with Crippen molar-refractivity contribution in [2.75, 3.05) is 18.5 Å². The van der Waals surface area contributed by atoms with Gasteiger partial charge in [-0.25, -0.2) is 0 Å². The number of aryl methyl sites for hydroxylation is 1. The molecule has 0 atom stereocenters. The Kier molecular flexibility index (Phi) is 2.84. The van der Waals surface area contributed by atoms with Crippen LogP contribution in [0.3, 0.4) is 0 Å². The summed E-state index contributed by atoms with van der Waals surface area (Å²) in [7, 11) is 1.64. The van der Waals surface area contributed by atoms with E-state index >= 15 is 0 Å². The molecule has 0 aliphatic carbocycles. The lowest BCUT2D eigenvalue weighted by atomic mass is 10.5. The molecule has 0 fully saturated rings. The van der Waals surface area contributed by atoms with Crippen LogP contribution in [0.2, 0.25) is 0 Å². The molecule has 6 heteroatoms. The Morgan fingerprint density at radius 3 is 2.85 bits per heavy atom. The number of hydrogen-bond acceptors (Lipinski definition) is 4. The topological polar surface area (TPSA) is 82.1 Å². The van der Waals surface area contributed by atoms with Gasteiger partial charge in [0.1, 0.15) is 12.4 Å². The molecule has 0 aliphatic rings. The number of hydrogen-bond donors (Lipinski definition) is 2. The molecule has 2 N–H and O–H groups in total. The van der Waals surface area contributed by atoms with E-state index in [9.17, 15) is 4.79 Å². The van der Waals surface area contributed by atoms with Gasteiger partial charge in [-0.2, -0.15) is 4.98 Å². The monoisotopic (exact) mass is 184 g/mol. The SMILES string of the molecule is CCc1nc(N(C)CC(=O)O)n[nH]1. The fraction of sp³-hybridized carbons (Fsp3) is 0.571. The highest BCUT2D eigenvalue weighted by atomic mass is 16.4. The third-order valence-electron chi connectivity index (χ3n) is 1.57. The van der Waals surface area contributed by atoms with Crippen molar-refractivity contribution in [3.63, 3.8) is 0 Å². The van der Waals surface area contributed by atoms with Crippen LogP contribution < -0.4 is 4.90 Å². The molecule has 0 unspecified atom stereocenters. The Balaban J connectivity index is 2.65. The number of rotatable bonds is 4. The van der Waals surface area contributed by atoms with E-state index in [0.29, 0.717) is 5.95 Å². The van der Waals surface area contributed by atoms with Gasteiger partial charge in [-0.15, -0.1) is 5.10 Å². The zero-order chi connectivity index (χ0) is 9.84. The molecule has 0 aliphatic heterocycles. The summed E-state index contributed by atoms with van der Waals surface area (Å²) in [6, 6.07) is 0. The summed E-state index contributed by atoms with van der Waals surface area (Å²) < 4.78 is 0. The number of aromatic amines is 1. The Morgan fingerprint density at radius 1 is 1.69 bits per heavy atom. The van der Waals surface area contributed by atoms with Crippen molar-refractivity contribution < 1.29 is 9.90 Å². The second-order valence-corrected chi connectivity index (χ2v) is 2.69. The van der Waals surface area contributed by atoms with Crippen molar-refractivity contribution in [2.24, 2.45) is 0 Å². The van der Waals surface area contributed by atoms with E-state index in [0.717, 1.165) is 12.2 Å². The molecular formula is C7H12N4O2. The predicted molar refractivity (Wildman–Crippen MR) is 46.7 cm³/mol. The maximum atomic E-state index is 10.4. The van der Waals surface area contributed by atoms with Crippen molar-refractivity contribution in [2.45, 2.75) is 13.3 Å². The summed E-state index contributed by atoms with van der Waals surface area (Å²) >= 11 is 0. The molecule has 13 heavy (non-hydrogen) atoms. The van der Waals surface area contributed by atoms with Gasteiger partial charge in [-0.1, -0.05) is 6.92 Å². The number of anilines is 1. The molecular weight excluding hydrogens is 172 g/mol. The lowest BCUT2D eigenvalue weighted by molar-refractivity contribution is -0.135. The third kappa shape index (κ3) is 2.43. The van der Waals surface area contributed by atoms with E-state index in [2.05, 4.69) is 15.2 Å². The lowest BCUT2D eigenvalue weighted by Crippen LogP contribution is -2.26. The average Bonchev–Trinajstić information content (AvgIpc) is 2.50. The molecule has 0 radical (unpaired) electrons. The van der Waals surface area contributed by atoms with Gasteiger partial charge in [0.05, 0.1) is 0 Å². The minimum atomic E-state index is -0.898. The Bertz CT molecular complexity index is 296. The normalized spacial score (nSPS) is 10.0. The Hall–Kier alpha value is -1.59. The first kappa shape index (κ1) is 9.50. The van der Waals surface area contributed by atoms with Crippen molar-refractivity contribution in [3.05, 3.63) is 5.82 Å². The molecule has 0 spiro atoms. The average molecular weight is 184 g/mol. The molecule has 1 rings (SSSR count). The molecule has 0 aromatic carbocycles. The number of carboxylic acid groups (broad SMARTS) is 1. The third-order valence-corrected chi connectivity index (χ3v) is 1.57. The van der Waals surface area contributed by atoms with Gasteiger partial charge in [0, 0.05) is 13.5 Å². The fourth-order valence-electron chi connectivity index (χ4n) is 0.888. The number of carbonyl (C=O) groups is 1. The van der Waals surface area contributed by atoms with Gasteiger partial charge in [0.25, 0.3) is 0 Å². The zero-order valence-corrected chi connectivity index (χ0v) is 7.61. The first-order valence-corrected chi connectivity index (χ1v) is 3.97. The first-order chi connectivity index (χ1) is 6.13. The summed E-state index contributed by atoms with van der Waals surface area (Å²) in [5.41, 5.74) is 0. The summed E-state index contributed by atoms with van der Waals surface area (Å²) in [6.07, 6.45) is 0.758. The van der Waals surface area contributed by atoms with Gasteiger partial charge >= 0.3 is 5.97 Å². The van der Waals surface area contributed by atoms with E-state index in [4.69, 9.17) is 5.11 Å². The number of carboxylic acids is 1. The van der Waals surface area contributed by atoms with Crippen LogP contribution in [-0.2, 0) is 11.2 Å². The van der Waals surface area contributed by atoms with E-state index in [1.54, 1.807) is 7.05 Å². The molecule has 6 nitrogen and oxygen atoms in total. The Morgan fingerprint density at radius 2 is 2.38 bits per heavy atom. The van der Waals surface area contributed by atoms with Gasteiger partial charge < -0.3 is 10.0 Å². The smallest absolute Gasteiger partial charge is 0.323 e. The second kappa shape index (κ2) is 3.88. The highest BCUT2D eigenvalue weighted by Gasteiger charge is 2.09. The second-order valence-electron chi connectivity index (χ2n) is 2.69. The van der Waals surface area contributed by atoms with Crippen molar-refractivity contribution in [1.82, 2.24) is 15.2 Å². The summed E-state index contributed by atoms with van der Waals surface area (Å²) in [6.45, 7) is 1.85. The molecule has 1 aromatic heterocycles. The van der Waals surface area contributed by atoms with E-state index in [1.807, 2.05) is 6.92 Å². The molecule has 0 amide bonds. The van der Waals surface area contributed by atoms with Crippen LogP contribution >= 0.6 is 0 Å². The van der Waals surface area contributed by atoms with Crippen molar-refractivity contribution >= 4 is 11.9 Å². The maximum absolute atomic E-state index is 10.4. The van der Waals surface area contributed by atoms with Crippen LogP contribution in [0.4, 0.5) is 5.95 Å². The number of nitrogens with zero attached hydrogens (tertiary/aromatic N) is 3. The first-order valence-electron chi connectivity index (χ1n) is 3.97. The number of likely N-dealkylation sites (N-methyl/N-ethyl adjacent to an activating group) is 1. The quantitative estimate of drug-likeness (QED) is 0.682. The number of aliphatic carboxylic acids is 1. The largest absolute Gasteiger partial charge is 0.480 e. The minimum absolute atomic E-state index is 0.0962. The van der Waals surface area contributed by atoms with E-state index in [1.165, 1.54) is 4.90 Å². The number of aromatic nitrogens is 3. The summed E-state index contributed by atoms with van der Waals surface area (Å²) in [5.74, 6) is 0.275. The molecule has 0 bridgehead atoms. The summed E-state index contributed by atoms with van der Waals surface area (Å²) in [4.78, 5) is 15.9. The maximum Gasteiger partial charge on any atom is 0.323 e. The van der Waals surface area contributed by atoms with Gasteiger partial charge in [-0.3, -0.25) is 9.89 Å². The number of nitrogens with one attached hydrogen (secondary N) is 1.